The standard InChI is InChI=1S/C23H15ClO4/c1-14-6-2-4-8-17(14)23(26)27-16-10-11-18-20(13-16)28-21(22(18)25)12-15-7-3-5-9-19(15)24/h2-13H,1H3. The summed E-state index contributed by atoms with van der Waals surface area (Å²) in [4.78, 5) is 25.0. The predicted octanol–water partition coefficient (Wildman–Crippen LogP) is 5.48. The average molecular weight is 391 g/mol. The first-order chi connectivity index (χ1) is 13.5. The molecular formula is C23H15ClO4. The molecule has 0 bridgehead atoms. The van der Waals surface area contributed by atoms with Crippen LogP contribution in [0.1, 0.15) is 31.8 Å². The first kappa shape index (κ1) is 18.0. The maximum Gasteiger partial charge on any atom is 0.343 e. The predicted molar refractivity (Wildman–Crippen MR) is 107 cm³/mol. The van der Waals surface area contributed by atoms with Gasteiger partial charge in [-0.3, -0.25) is 4.79 Å². The van der Waals surface area contributed by atoms with Crippen LogP contribution in [0.15, 0.2) is 72.5 Å². The Morgan fingerprint density at radius 2 is 1.79 bits per heavy atom. The van der Waals surface area contributed by atoms with Crippen molar-refractivity contribution in [3.8, 4) is 11.5 Å². The van der Waals surface area contributed by atoms with Crippen molar-refractivity contribution in [3.05, 3.63) is 99.8 Å². The molecule has 28 heavy (non-hydrogen) atoms. The van der Waals surface area contributed by atoms with E-state index >= 15 is 0 Å². The monoisotopic (exact) mass is 390 g/mol. The van der Waals surface area contributed by atoms with Gasteiger partial charge in [-0.15, -0.1) is 0 Å². The molecule has 0 fully saturated rings. The van der Waals surface area contributed by atoms with Crippen molar-refractivity contribution in [2.75, 3.05) is 0 Å². The summed E-state index contributed by atoms with van der Waals surface area (Å²) in [5, 5.41) is 0.523. The van der Waals surface area contributed by atoms with Gasteiger partial charge in [-0.25, -0.2) is 4.79 Å². The molecule has 0 N–H and O–H groups in total. The summed E-state index contributed by atoms with van der Waals surface area (Å²) in [6, 6.07) is 19.1. The van der Waals surface area contributed by atoms with Crippen LogP contribution in [0.2, 0.25) is 5.02 Å². The lowest BCUT2D eigenvalue weighted by molar-refractivity contribution is 0.0733. The lowest BCUT2D eigenvalue weighted by Crippen LogP contribution is -2.10. The topological polar surface area (TPSA) is 52.6 Å². The zero-order valence-corrected chi connectivity index (χ0v) is 15.7. The van der Waals surface area contributed by atoms with Crippen LogP contribution in [0.5, 0.6) is 11.5 Å². The third kappa shape index (κ3) is 3.42. The van der Waals surface area contributed by atoms with Gasteiger partial charge in [-0.05, 0) is 48.4 Å². The summed E-state index contributed by atoms with van der Waals surface area (Å²) < 4.78 is 11.1. The van der Waals surface area contributed by atoms with Gasteiger partial charge in [0.05, 0.1) is 11.1 Å². The lowest BCUT2D eigenvalue weighted by atomic mass is 10.1. The van der Waals surface area contributed by atoms with Crippen molar-refractivity contribution in [2.24, 2.45) is 0 Å². The maximum atomic E-state index is 12.6. The van der Waals surface area contributed by atoms with Gasteiger partial charge in [-0.2, -0.15) is 0 Å². The lowest BCUT2D eigenvalue weighted by Gasteiger charge is -2.07. The summed E-state index contributed by atoms with van der Waals surface area (Å²) in [5.41, 5.74) is 2.41. The van der Waals surface area contributed by atoms with Crippen molar-refractivity contribution in [1.29, 1.82) is 0 Å². The molecule has 0 radical (unpaired) electrons. The van der Waals surface area contributed by atoms with E-state index in [9.17, 15) is 9.59 Å². The van der Waals surface area contributed by atoms with Crippen LogP contribution >= 0.6 is 11.6 Å². The Hall–Kier alpha value is -3.37. The molecule has 1 aliphatic heterocycles. The summed E-state index contributed by atoms with van der Waals surface area (Å²) >= 11 is 6.15. The highest BCUT2D eigenvalue weighted by Crippen LogP contribution is 2.35. The fourth-order valence-electron chi connectivity index (χ4n) is 2.93. The number of fused-ring (bicyclic) bond motifs is 1. The van der Waals surface area contributed by atoms with Crippen LogP contribution in [0.4, 0.5) is 0 Å². The SMILES string of the molecule is Cc1ccccc1C(=O)Oc1ccc2c(c1)OC(=Cc1ccccc1Cl)C2=O. The highest BCUT2D eigenvalue weighted by Gasteiger charge is 2.28. The highest BCUT2D eigenvalue weighted by molar-refractivity contribution is 6.32. The van der Waals surface area contributed by atoms with Crippen molar-refractivity contribution in [3.63, 3.8) is 0 Å². The number of carbonyl (C=O) groups is 2. The number of ether oxygens (including phenoxy) is 2. The number of allylic oxidation sites excluding steroid dienone is 1. The van der Waals surface area contributed by atoms with E-state index in [2.05, 4.69) is 0 Å². The van der Waals surface area contributed by atoms with E-state index < -0.39 is 5.97 Å². The van der Waals surface area contributed by atoms with Gasteiger partial charge in [0.25, 0.3) is 0 Å². The number of Topliss-reactive ketones (excluding diaryl/α,β-unsaturated/α-hetero) is 1. The van der Waals surface area contributed by atoms with Crippen LogP contribution in [0, 0.1) is 6.92 Å². The minimum Gasteiger partial charge on any atom is -0.452 e. The van der Waals surface area contributed by atoms with Crippen molar-refractivity contribution in [2.45, 2.75) is 6.92 Å². The molecule has 1 aliphatic rings. The van der Waals surface area contributed by atoms with Gasteiger partial charge in [0.15, 0.2) is 5.76 Å². The van der Waals surface area contributed by atoms with Crippen molar-refractivity contribution < 1.29 is 19.1 Å². The minimum atomic E-state index is -0.464. The van der Waals surface area contributed by atoms with Crippen LogP contribution in [-0.4, -0.2) is 11.8 Å². The second kappa shape index (κ2) is 7.33. The molecule has 0 atom stereocenters. The van der Waals surface area contributed by atoms with Crippen LogP contribution < -0.4 is 9.47 Å². The number of esters is 1. The summed E-state index contributed by atoms with van der Waals surface area (Å²) in [6.07, 6.45) is 1.60. The van der Waals surface area contributed by atoms with E-state index in [-0.39, 0.29) is 11.5 Å². The molecule has 0 saturated carbocycles. The van der Waals surface area contributed by atoms with E-state index in [0.29, 0.717) is 33.2 Å². The Morgan fingerprint density at radius 1 is 1.04 bits per heavy atom. The van der Waals surface area contributed by atoms with Gasteiger partial charge in [0, 0.05) is 11.1 Å². The molecule has 0 amide bonds. The molecule has 4 nitrogen and oxygen atoms in total. The van der Waals surface area contributed by atoms with E-state index in [1.54, 1.807) is 42.5 Å². The maximum absolute atomic E-state index is 12.6. The smallest absolute Gasteiger partial charge is 0.343 e. The molecule has 3 aromatic carbocycles. The molecule has 0 unspecified atom stereocenters. The highest BCUT2D eigenvalue weighted by atomic mass is 35.5. The van der Waals surface area contributed by atoms with Gasteiger partial charge in [0.2, 0.25) is 5.78 Å². The zero-order chi connectivity index (χ0) is 19.7. The molecule has 3 aromatic rings. The Labute approximate surface area is 167 Å². The van der Waals surface area contributed by atoms with E-state index in [4.69, 9.17) is 21.1 Å². The molecule has 0 aromatic heterocycles. The van der Waals surface area contributed by atoms with Crippen LogP contribution in [0.25, 0.3) is 6.08 Å². The molecular weight excluding hydrogens is 376 g/mol. The minimum absolute atomic E-state index is 0.172. The summed E-state index contributed by atoms with van der Waals surface area (Å²) in [5.74, 6) is 0.114. The van der Waals surface area contributed by atoms with Gasteiger partial charge in [-0.1, -0.05) is 48.0 Å². The first-order valence-electron chi connectivity index (χ1n) is 8.63. The average Bonchev–Trinajstić information content (AvgIpc) is 2.99. The van der Waals surface area contributed by atoms with Gasteiger partial charge in [0.1, 0.15) is 11.5 Å². The number of hydrogen-bond acceptors (Lipinski definition) is 4. The third-order valence-electron chi connectivity index (χ3n) is 4.41. The van der Waals surface area contributed by atoms with Crippen LogP contribution in [-0.2, 0) is 0 Å². The van der Waals surface area contributed by atoms with Gasteiger partial charge >= 0.3 is 5.97 Å². The second-order valence-corrected chi connectivity index (χ2v) is 6.73. The molecule has 138 valence electrons. The molecule has 5 heteroatoms. The molecule has 4 rings (SSSR count). The van der Waals surface area contributed by atoms with Crippen molar-refractivity contribution in [1.82, 2.24) is 0 Å². The Balaban J connectivity index is 1.58. The number of carbonyl (C=O) groups excluding carboxylic acids is 2. The zero-order valence-electron chi connectivity index (χ0n) is 14.9. The molecule has 1 heterocycles. The number of halogens is 1. The molecule has 0 spiro atoms. The largest absolute Gasteiger partial charge is 0.452 e. The Morgan fingerprint density at radius 3 is 2.57 bits per heavy atom. The van der Waals surface area contributed by atoms with Crippen LogP contribution in [0.3, 0.4) is 0 Å². The fourth-order valence-corrected chi connectivity index (χ4v) is 3.12. The number of rotatable bonds is 3. The molecule has 0 aliphatic carbocycles. The van der Waals surface area contributed by atoms with Gasteiger partial charge < -0.3 is 9.47 Å². The fraction of sp³-hybridized carbons (Fsp3) is 0.0435. The number of aryl methyl sites for hydroxylation is 1. The third-order valence-corrected chi connectivity index (χ3v) is 4.75. The summed E-state index contributed by atoms with van der Waals surface area (Å²) in [6.45, 7) is 1.84. The Kier molecular flexibility index (Phi) is 4.72. The number of ketones is 1. The van der Waals surface area contributed by atoms with E-state index in [0.717, 1.165) is 5.56 Å². The normalized spacial score (nSPS) is 13.9. The number of benzene rings is 3. The number of hydrogen-bond donors (Lipinski definition) is 0. The van der Waals surface area contributed by atoms with Crippen molar-refractivity contribution >= 4 is 29.4 Å². The van der Waals surface area contributed by atoms with E-state index in [1.807, 2.05) is 31.2 Å². The quantitative estimate of drug-likeness (QED) is 0.337. The first-order valence-corrected chi connectivity index (χ1v) is 9.01. The van der Waals surface area contributed by atoms with E-state index in [1.165, 1.54) is 6.07 Å². The Bertz CT molecular complexity index is 1130. The molecule has 0 saturated heterocycles. The summed E-state index contributed by atoms with van der Waals surface area (Å²) in [7, 11) is 0. The second-order valence-electron chi connectivity index (χ2n) is 6.32.